The summed E-state index contributed by atoms with van der Waals surface area (Å²) in [5, 5.41) is 12.1. The number of nitrogens with one attached hydrogen (secondary N) is 2. The Hall–Kier alpha value is -2.94. The van der Waals surface area contributed by atoms with Gasteiger partial charge >= 0.3 is 0 Å². The molecule has 0 unspecified atom stereocenters. The average Bonchev–Trinajstić information content (AvgIpc) is 3.12. The first-order valence-electron chi connectivity index (χ1n) is 8.31. The Labute approximate surface area is 144 Å². The molecular weight excluding hydrogens is 320 g/mol. The summed E-state index contributed by atoms with van der Waals surface area (Å²) in [6, 6.07) is 5.97. The lowest BCUT2D eigenvalue weighted by molar-refractivity contribution is 0.311. The number of pyridine rings is 1. The van der Waals surface area contributed by atoms with Gasteiger partial charge in [0.1, 0.15) is 17.7 Å². The van der Waals surface area contributed by atoms with Crippen LogP contribution in [0.2, 0.25) is 0 Å². The maximum absolute atomic E-state index is 8.98. The molecule has 0 aliphatic carbocycles. The number of imidazole rings is 1. The van der Waals surface area contributed by atoms with Gasteiger partial charge in [0.15, 0.2) is 11.5 Å². The Morgan fingerprint density at radius 1 is 1.08 bits per heavy atom. The van der Waals surface area contributed by atoms with E-state index in [1.54, 1.807) is 0 Å². The van der Waals surface area contributed by atoms with E-state index < -0.39 is 0 Å². The van der Waals surface area contributed by atoms with Gasteiger partial charge in [0.05, 0.1) is 6.61 Å². The van der Waals surface area contributed by atoms with Crippen molar-refractivity contribution in [3.05, 3.63) is 30.7 Å². The van der Waals surface area contributed by atoms with Gasteiger partial charge < -0.3 is 25.2 Å². The van der Waals surface area contributed by atoms with E-state index in [2.05, 4.69) is 40.0 Å². The summed E-state index contributed by atoms with van der Waals surface area (Å²) in [4.78, 5) is 25.2. The molecule has 0 radical (unpaired) electrons. The molecule has 3 aromatic rings. The minimum Gasteiger partial charge on any atom is -0.395 e. The molecule has 0 aromatic carbocycles. The molecule has 1 aliphatic rings. The third-order valence-corrected chi connectivity index (χ3v) is 4.23. The second-order valence-corrected chi connectivity index (χ2v) is 5.79. The zero-order chi connectivity index (χ0) is 17.1. The van der Waals surface area contributed by atoms with Gasteiger partial charge in [-0.25, -0.2) is 15.0 Å². The molecule has 0 atom stereocenters. The topological polar surface area (TPSA) is 106 Å². The molecule has 1 saturated heterocycles. The summed E-state index contributed by atoms with van der Waals surface area (Å²) in [6.45, 7) is 3.95. The molecule has 9 heteroatoms. The third-order valence-electron chi connectivity index (χ3n) is 4.23. The maximum Gasteiger partial charge on any atom is 0.205 e. The van der Waals surface area contributed by atoms with Gasteiger partial charge in [-0.1, -0.05) is 6.07 Å². The first-order chi connectivity index (χ1) is 12.3. The summed E-state index contributed by atoms with van der Waals surface area (Å²) in [5.41, 5.74) is 1.38. The van der Waals surface area contributed by atoms with Gasteiger partial charge in [-0.2, -0.15) is 4.98 Å². The van der Waals surface area contributed by atoms with Crippen LogP contribution in [-0.2, 0) is 0 Å². The van der Waals surface area contributed by atoms with Crippen molar-refractivity contribution < 1.29 is 5.11 Å². The minimum absolute atomic E-state index is 0.0436. The number of hydrogen-bond acceptors (Lipinski definition) is 8. The van der Waals surface area contributed by atoms with Crippen LogP contribution in [0.4, 0.5) is 17.6 Å². The van der Waals surface area contributed by atoms with E-state index in [0.29, 0.717) is 18.0 Å². The number of fused-ring (bicyclic) bond motifs is 1. The fourth-order valence-corrected chi connectivity index (χ4v) is 2.96. The Morgan fingerprint density at radius 2 is 1.92 bits per heavy atom. The van der Waals surface area contributed by atoms with Crippen molar-refractivity contribution in [3.63, 3.8) is 0 Å². The second kappa shape index (κ2) is 6.89. The Bertz CT molecular complexity index is 829. The molecule has 3 N–H and O–H groups in total. The Balaban J connectivity index is 1.49. The van der Waals surface area contributed by atoms with Crippen LogP contribution in [0.25, 0.3) is 11.2 Å². The number of aromatic nitrogens is 5. The molecule has 9 nitrogen and oxygen atoms in total. The zero-order valence-corrected chi connectivity index (χ0v) is 13.8. The van der Waals surface area contributed by atoms with Crippen LogP contribution >= 0.6 is 0 Å². The molecule has 25 heavy (non-hydrogen) atoms. The van der Waals surface area contributed by atoms with Crippen LogP contribution in [-0.4, -0.2) is 69.4 Å². The predicted molar refractivity (Wildman–Crippen MR) is 95.9 cm³/mol. The number of hydrogen-bond donors (Lipinski definition) is 3. The standard InChI is InChI=1S/C16H20N8O/c25-10-5-18-14-13-15(20-11-19-14)22-16(21-13)24-8-6-23(7-9-24)12-3-1-2-4-17-12/h1-4,11,25H,5-10H2,(H2,18,19,20,21,22). The number of aliphatic hydroxyl groups is 1. The lowest BCUT2D eigenvalue weighted by Crippen LogP contribution is -2.47. The first-order valence-corrected chi connectivity index (χ1v) is 8.31. The van der Waals surface area contributed by atoms with E-state index in [9.17, 15) is 0 Å². The number of nitrogens with zero attached hydrogens (tertiary/aromatic N) is 6. The fourth-order valence-electron chi connectivity index (χ4n) is 2.96. The van der Waals surface area contributed by atoms with E-state index in [1.807, 2.05) is 24.4 Å². The van der Waals surface area contributed by atoms with Gasteiger partial charge in [0.2, 0.25) is 5.95 Å². The van der Waals surface area contributed by atoms with Crippen molar-refractivity contribution in [1.29, 1.82) is 0 Å². The lowest BCUT2D eigenvalue weighted by Gasteiger charge is -2.35. The number of aromatic amines is 1. The van der Waals surface area contributed by atoms with Crippen molar-refractivity contribution in [2.24, 2.45) is 0 Å². The SMILES string of the molecule is OCCNc1ncnc2nc(N3CCN(c4ccccn4)CC3)[nH]c12. The van der Waals surface area contributed by atoms with Gasteiger partial charge in [0, 0.05) is 38.9 Å². The smallest absolute Gasteiger partial charge is 0.205 e. The number of rotatable bonds is 5. The van der Waals surface area contributed by atoms with Gasteiger partial charge in [-0.3, -0.25) is 0 Å². The van der Waals surface area contributed by atoms with Crippen LogP contribution in [0.5, 0.6) is 0 Å². The van der Waals surface area contributed by atoms with Gasteiger partial charge in [-0.05, 0) is 12.1 Å². The summed E-state index contributed by atoms with van der Waals surface area (Å²) in [5.74, 6) is 2.46. The molecule has 3 aromatic heterocycles. The van der Waals surface area contributed by atoms with Crippen molar-refractivity contribution >= 4 is 28.7 Å². The van der Waals surface area contributed by atoms with Crippen LogP contribution < -0.4 is 15.1 Å². The van der Waals surface area contributed by atoms with Crippen LogP contribution in [0.15, 0.2) is 30.7 Å². The number of aliphatic hydroxyl groups excluding tert-OH is 1. The van der Waals surface area contributed by atoms with Crippen molar-refractivity contribution in [2.45, 2.75) is 0 Å². The summed E-state index contributed by atoms with van der Waals surface area (Å²) in [6.07, 6.45) is 3.30. The summed E-state index contributed by atoms with van der Waals surface area (Å²) < 4.78 is 0. The Morgan fingerprint density at radius 3 is 2.68 bits per heavy atom. The summed E-state index contributed by atoms with van der Waals surface area (Å²) in [7, 11) is 0. The number of piperazine rings is 1. The van der Waals surface area contributed by atoms with Crippen molar-refractivity contribution in [2.75, 3.05) is 54.4 Å². The maximum atomic E-state index is 8.98. The quantitative estimate of drug-likeness (QED) is 0.616. The lowest BCUT2D eigenvalue weighted by atomic mass is 10.3. The van der Waals surface area contributed by atoms with Crippen LogP contribution in [0.1, 0.15) is 0 Å². The molecule has 1 aliphatic heterocycles. The minimum atomic E-state index is 0.0436. The largest absolute Gasteiger partial charge is 0.395 e. The fraction of sp³-hybridized carbons (Fsp3) is 0.375. The highest BCUT2D eigenvalue weighted by atomic mass is 16.3. The highest BCUT2D eigenvalue weighted by Crippen LogP contribution is 2.22. The molecule has 1 fully saturated rings. The van der Waals surface area contributed by atoms with Crippen LogP contribution in [0, 0.1) is 0 Å². The third kappa shape index (κ3) is 3.18. The Kier molecular flexibility index (Phi) is 4.30. The van der Waals surface area contributed by atoms with Gasteiger partial charge in [0.25, 0.3) is 0 Å². The zero-order valence-electron chi connectivity index (χ0n) is 13.8. The number of H-pyrrole nitrogens is 1. The molecule has 0 amide bonds. The molecule has 4 rings (SSSR count). The number of anilines is 3. The molecule has 0 bridgehead atoms. The summed E-state index contributed by atoms with van der Waals surface area (Å²) >= 11 is 0. The second-order valence-electron chi connectivity index (χ2n) is 5.79. The van der Waals surface area contributed by atoms with Crippen LogP contribution in [0.3, 0.4) is 0 Å². The van der Waals surface area contributed by atoms with E-state index >= 15 is 0 Å². The monoisotopic (exact) mass is 340 g/mol. The van der Waals surface area contributed by atoms with Crippen molar-refractivity contribution in [3.8, 4) is 0 Å². The first kappa shape index (κ1) is 15.6. The highest BCUT2D eigenvalue weighted by Gasteiger charge is 2.21. The average molecular weight is 340 g/mol. The molecule has 130 valence electrons. The van der Waals surface area contributed by atoms with E-state index in [4.69, 9.17) is 5.11 Å². The molecular formula is C16H20N8O. The van der Waals surface area contributed by atoms with E-state index in [-0.39, 0.29) is 6.61 Å². The van der Waals surface area contributed by atoms with Crippen molar-refractivity contribution in [1.82, 2.24) is 24.9 Å². The molecule has 0 saturated carbocycles. The highest BCUT2D eigenvalue weighted by molar-refractivity contribution is 5.84. The molecule has 0 spiro atoms. The van der Waals surface area contributed by atoms with E-state index in [1.165, 1.54) is 6.33 Å². The molecule has 4 heterocycles. The predicted octanol–water partition coefficient (Wildman–Crippen LogP) is 0.479. The van der Waals surface area contributed by atoms with Gasteiger partial charge in [-0.15, -0.1) is 0 Å². The normalized spacial score (nSPS) is 14.9. The van der Waals surface area contributed by atoms with E-state index in [0.717, 1.165) is 43.5 Å².